The summed E-state index contributed by atoms with van der Waals surface area (Å²) in [6.45, 7) is 2.02. The van der Waals surface area contributed by atoms with Gasteiger partial charge < -0.3 is 16.0 Å². The summed E-state index contributed by atoms with van der Waals surface area (Å²) in [5.41, 5.74) is 12.6. The van der Waals surface area contributed by atoms with Gasteiger partial charge in [0.05, 0.1) is 5.69 Å². The molecule has 0 bridgehead atoms. The topological polar surface area (TPSA) is 97.8 Å². The average Bonchev–Trinajstić information content (AvgIpc) is 2.45. The first-order chi connectivity index (χ1) is 7.10. The predicted octanol–water partition coefficient (Wildman–Crippen LogP) is 0.380. The van der Waals surface area contributed by atoms with Crippen molar-refractivity contribution in [3.05, 3.63) is 17.5 Å². The third-order valence-electron chi connectivity index (χ3n) is 2.16. The molecule has 1 rings (SSSR count). The van der Waals surface area contributed by atoms with Crippen LogP contribution in [0.4, 0.5) is 5.69 Å². The standard InChI is InChI=1S/C10H14N4O/c1-2-3-9-8(12)4-7(5-11)14(9)6-10(13)15/h4H,2-3,6,12H2,1H3,(H2,13,15). The van der Waals surface area contributed by atoms with Crippen molar-refractivity contribution in [2.45, 2.75) is 26.3 Å². The maximum Gasteiger partial charge on any atom is 0.237 e. The van der Waals surface area contributed by atoms with E-state index in [1.807, 2.05) is 13.0 Å². The Morgan fingerprint density at radius 1 is 1.67 bits per heavy atom. The van der Waals surface area contributed by atoms with E-state index in [9.17, 15) is 4.79 Å². The first-order valence-corrected chi connectivity index (χ1v) is 4.76. The van der Waals surface area contributed by atoms with Crippen molar-refractivity contribution >= 4 is 11.6 Å². The summed E-state index contributed by atoms with van der Waals surface area (Å²) in [5, 5.41) is 8.86. The van der Waals surface area contributed by atoms with Gasteiger partial charge in [0.25, 0.3) is 0 Å². The van der Waals surface area contributed by atoms with Gasteiger partial charge in [0, 0.05) is 5.69 Å². The second-order valence-electron chi connectivity index (χ2n) is 3.35. The van der Waals surface area contributed by atoms with Crippen molar-refractivity contribution in [3.8, 4) is 6.07 Å². The fourth-order valence-corrected chi connectivity index (χ4v) is 1.55. The molecular formula is C10H14N4O. The Labute approximate surface area is 88.3 Å². The van der Waals surface area contributed by atoms with Gasteiger partial charge in [0.15, 0.2) is 0 Å². The van der Waals surface area contributed by atoms with E-state index in [4.69, 9.17) is 16.7 Å². The van der Waals surface area contributed by atoms with Crippen LogP contribution in [0.1, 0.15) is 24.7 Å². The number of carbonyl (C=O) groups excluding carboxylic acids is 1. The molecule has 5 nitrogen and oxygen atoms in total. The smallest absolute Gasteiger partial charge is 0.237 e. The lowest BCUT2D eigenvalue weighted by atomic mass is 10.2. The summed E-state index contributed by atoms with van der Waals surface area (Å²) < 4.78 is 1.58. The molecule has 5 heteroatoms. The normalized spacial score (nSPS) is 9.87. The van der Waals surface area contributed by atoms with E-state index in [1.54, 1.807) is 10.6 Å². The Balaban J connectivity index is 3.17. The van der Waals surface area contributed by atoms with E-state index in [1.165, 1.54) is 0 Å². The Hall–Kier alpha value is -1.96. The quantitative estimate of drug-likeness (QED) is 0.745. The summed E-state index contributed by atoms with van der Waals surface area (Å²) in [4.78, 5) is 10.9. The molecule has 0 atom stereocenters. The molecule has 1 aromatic heterocycles. The van der Waals surface area contributed by atoms with Crippen LogP contribution in [0.3, 0.4) is 0 Å². The van der Waals surface area contributed by atoms with Gasteiger partial charge in [-0.2, -0.15) is 5.26 Å². The lowest BCUT2D eigenvalue weighted by Gasteiger charge is -2.07. The molecule has 0 saturated heterocycles. The summed E-state index contributed by atoms with van der Waals surface area (Å²) in [6, 6.07) is 3.57. The number of hydrogen-bond acceptors (Lipinski definition) is 3. The highest BCUT2D eigenvalue weighted by molar-refractivity contribution is 5.74. The van der Waals surface area contributed by atoms with Crippen LogP contribution >= 0.6 is 0 Å². The van der Waals surface area contributed by atoms with Crippen molar-refractivity contribution in [1.29, 1.82) is 5.26 Å². The average molecular weight is 206 g/mol. The van der Waals surface area contributed by atoms with Gasteiger partial charge >= 0.3 is 0 Å². The zero-order chi connectivity index (χ0) is 11.4. The Morgan fingerprint density at radius 3 is 2.80 bits per heavy atom. The van der Waals surface area contributed by atoms with Crippen LogP contribution in [0.15, 0.2) is 6.07 Å². The van der Waals surface area contributed by atoms with Crippen molar-refractivity contribution in [1.82, 2.24) is 4.57 Å². The van der Waals surface area contributed by atoms with Crippen LogP contribution in [0.25, 0.3) is 0 Å². The van der Waals surface area contributed by atoms with Gasteiger partial charge in [0.1, 0.15) is 18.3 Å². The number of nitriles is 1. The summed E-state index contributed by atoms with van der Waals surface area (Å²) >= 11 is 0. The molecule has 0 radical (unpaired) electrons. The SMILES string of the molecule is CCCc1c(N)cc(C#N)n1CC(N)=O. The summed E-state index contributed by atoms with van der Waals surface area (Å²) in [6.07, 6.45) is 1.64. The van der Waals surface area contributed by atoms with Crippen LogP contribution in [0.5, 0.6) is 0 Å². The van der Waals surface area contributed by atoms with Gasteiger partial charge in [-0.1, -0.05) is 13.3 Å². The largest absolute Gasteiger partial charge is 0.397 e. The minimum Gasteiger partial charge on any atom is -0.397 e. The molecule has 0 aliphatic rings. The molecule has 0 unspecified atom stereocenters. The van der Waals surface area contributed by atoms with Crippen LogP contribution in [0, 0.1) is 11.3 Å². The van der Waals surface area contributed by atoms with Gasteiger partial charge in [-0.15, -0.1) is 0 Å². The van der Waals surface area contributed by atoms with Gasteiger partial charge in [-0.3, -0.25) is 4.79 Å². The fourth-order valence-electron chi connectivity index (χ4n) is 1.55. The second-order valence-corrected chi connectivity index (χ2v) is 3.35. The highest BCUT2D eigenvalue weighted by Crippen LogP contribution is 2.19. The minimum absolute atomic E-state index is 0.00935. The maximum atomic E-state index is 10.9. The molecule has 0 aliphatic heterocycles. The van der Waals surface area contributed by atoms with Crippen molar-refractivity contribution in [2.75, 3.05) is 5.73 Å². The van der Waals surface area contributed by atoms with Gasteiger partial charge in [-0.25, -0.2) is 0 Å². The lowest BCUT2D eigenvalue weighted by molar-refractivity contribution is -0.118. The van der Waals surface area contributed by atoms with Crippen LogP contribution < -0.4 is 11.5 Å². The minimum atomic E-state index is -0.473. The molecular weight excluding hydrogens is 192 g/mol. The molecule has 1 amide bonds. The molecule has 1 aromatic rings. The highest BCUT2D eigenvalue weighted by Gasteiger charge is 2.13. The summed E-state index contributed by atoms with van der Waals surface area (Å²) in [7, 11) is 0. The molecule has 0 saturated carbocycles. The highest BCUT2D eigenvalue weighted by atomic mass is 16.1. The molecule has 0 fully saturated rings. The number of amides is 1. The van der Waals surface area contributed by atoms with Gasteiger partial charge in [0.2, 0.25) is 5.91 Å². The van der Waals surface area contributed by atoms with Gasteiger partial charge in [-0.05, 0) is 12.5 Å². The van der Waals surface area contributed by atoms with Crippen molar-refractivity contribution in [3.63, 3.8) is 0 Å². The maximum absolute atomic E-state index is 10.9. The zero-order valence-electron chi connectivity index (χ0n) is 8.66. The number of hydrogen-bond donors (Lipinski definition) is 2. The second kappa shape index (κ2) is 4.51. The predicted molar refractivity (Wildman–Crippen MR) is 56.7 cm³/mol. The zero-order valence-corrected chi connectivity index (χ0v) is 8.66. The molecule has 0 aromatic carbocycles. The summed E-state index contributed by atoms with van der Waals surface area (Å²) in [5.74, 6) is -0.473. The monoisotopic (exact) mass is 206 g/mol. The Kier molecular flexibility index (Phi) is 3.34. The van der Waals surface area contributed by atoms with E-state index in [-0.39, 0.29) is 6.54 Å². The van der Waals surface area contributed by atoms with E-state index >= 15 is 0 Å². The Bertz CT molecular complexity index is 414. The lowest BCUT2D eigenvalue weighted by Crippen LogP contribution is -2.21. The third kappa shape index (κ3) is 2.29. The molecule has 1 heterocycles. The molecule has 15 heavy (non-hydrogen) atoms. The third-order valence-corrected chi connectivity index (χ3v) is 2.16. The molecule has 0 spiro atoms. The van der Waals surface area contributed by atoms with Crippen molar-refractivity contribution < 1.29 is 4.79 Å². The first kappa shape index (κ1) is 11.1. The van der Waals surface area contributed by atoms with E-state index in [0.717, 1.165) is 18.5 Å². The van der Waals surface area contributed by atoms with E-state index in [0.29, 0.717) is 11.4 Å². The number of anilines is 1. The van der Waals surface area contributed by atoms with E-state index in [2.05, 4.69) is 0 Å². The number of primary amides is 1. The molecule has 0 aliphatic carbocycles. The van der Waals surface area contributed by atoms with Crippen LogP contribution in [0.2, 0.25) is 0 Å². The number of carbonyl (C=O) groups is 1. The number of nitrogens with zero attached hydrogens (tertiary/aromatic N) is 2. The van der Waals surface area contributed by atoms with Crippen molar-refractivity contribution in [2.24, 2.45) is 5.73 Å². The Morgan fingerprint density at radius 2 is 2.33 bits per heavy atom. The van der Waals surface area contributed by atoms with Crippen LogP contribution in [-0.4, -0.2) is 10.5 Å². The molecule has 4 N–H and O–H groups in total. The molecule has 80 valence electrons. The first-order valence-electron chi connectivity index (χ1n) is 4.76. The number of aromatic nitrogens is 1. The number of nitrogen functional groups attached to an aromatic ring is 1. The number of nitrogens with two attached hydrogens (primary N) is 2. The van der Waals surface area contributed by atoms with E-state index < -0.39 is 5.91 Å². The number of rotatable bonds is 4. The fraction of sp³-hybridized carbons (Fsp3) is 0.400. The van der Waals surface area contributed by atoms with Crippen LogP contribution in [-0.2, 0) is 17.8 Å².